The predicted molar refractivity (Wildman–Crippen MR) is 86.3 cm³/mol. The van der Waals surface area contributed by atoms with Crippen LogP contribution in [0, 0.1) is 5.82 Å². The first-order valence-corrected chi connectivity index (χ1v) is 6.70. The first-order valence-electron chi connectivity index (χ1n) is 6.70. The second-order valence-electron chi connectivity index (χ2n) is 4.88. The van der Waals surface area contributed by atoms with Gasteiger partial charge < -0.3 is 10.6 Å². The Morgan fingerprint density at radius 1 is 1.32 bits per heavy atom. The van der Waals surface area contributed by atoms with Crippen molar-refractivity contribution in [3.05, 3.63) is 65.2 Å². The van der Waals surface area contributed by atoms with E-state index in [-0.39, 0.29) is 30.2 Å². The van der Waals surface area contributed by atoms with Gasteiger partial charge in [-0.05, 0) is 36.8 Å². The lowest BCUT2D eigenvalue weighted by atomic mass is 10.1. The molecule has 118 valence electrons. The second-order valence-corrected chi connectivity index (χ2v) is 4.88. The van der Waals surface area contributed by atoms with Crippen LogP contribution in [0.25, 0.3) is 0 Å². The van der Waals surface area contributed by atoms with Crippen LogP contribution in [0.15, 0.2) is 42.6 Å². The Hall–Kier alpha value is -1.98. The molecule has 0 fully saturated rings. The zero-order chi connectivity index (χ0) is 15.4. The van der Waals surface area contributed by atoms with Crippen LogP contribution in [0.2, 0.25) is 0 Å². The van der Waals surface area contributed by atoms with Crippen LogP contribution in [-0.4, -0.2) is 22.8 Å². The first-order chi connectivity index (χ1) is 10.0. The van der Waals surface area contributed by atoms with E-state index in [1.807, 2.05) is 6.92 Å². The van der Waals surface area contributed by atoms with E-state index in [1.54, 1.807) is 42.4 Å². The third-order valence-electron chi connectivity index (χ3n) is 3.53. The summed E-state index contributed by atoms with van der Waals surface area (Å²) in [5, 5.41) is 0. The van der Waals surface area contributed by atoms with Crippen molar-refractivity contribution in [2.24, 2.45) is 5.73 Å². The minimum absolute atomic E-state index is 0. The van der Waals surface area contributed by atoms with E-state index in [4.69, 9.17) is 5.73 Å². The van der Waals surface area contributed by atoms with Gasteiger partial charge in [0, 0.05) is 25.4 Å². The van der Waals surface area contributed by atoms with Gasteiger partial charge in [-0.25, -0.2) is 4.39 Å². The summed E-state index contributed by atoms with van der Waals surface area (Å²) in [4.78, 5) is 18.2. The zero-order valence-corrected chi connectivity index (χ0v) is 13.3. The van der Waals surface area contributed by atoms with E-state index in [2.05, 4.69) is 4.98 Å². The van der Waals surface area contributed by atoms with Crippen molar-refractivity contribution in [1.82, 2.24) is 9.88 Å². The second kappa shape index (κ2) is 7.87. The summed E-state index contributed by atoms with van der Waals surface area (Å²) in [7, 11) is 1.72. The summed E-state index contributed by atoms with van der Waals surface area (Å²) in [6.45, 7) is 2.19. The molecule has 0 aliphatic heterocycles. The number of halogens is 2. The molecule has 1 heterocycles. The van der Waals surface area contributed by atoms with Crippen LogP contribution in [-0.2, 0) is 6.54 Å². The average Bonchev–Trinajstić information content (AvgIpc) is 2.53. The molecule has 1 amide bonds. The largest absolute Gasteiger partial charge is 0.335 e. The van der Waals surface area contributed by atoms with Gasteiger partial charge in [0.15, 0.2) is 0 Å². The minimum Gasteiger partial charge on any atom is -0.335 e. The number of amides is 1. The van der Waals surface area contributed by atoms with Crippen LogP contribution in [0.5, 0.6) is 0 Å². The third kappa shape index (κ3) is 4.02. The molecule has 2 aromatic rings. The number of hydrogen-bond donors (Lipinski definition) is 1. The molecule has 1 aromatic heterocycles. The van der Waals surface area contributed by atoms with E-state index in [1.165, 1.54) is 12.1 Å². The quantitative estimate of drug-likeness (QED) is 0.941. The smallest absolute Gasteiger partial charge is 0.254 e. The summed E-state index contributed by atoms with van der Waals surface area (Å²) in [6, 6.07) is 9.34. The number of benzene rings is 1. The van der Waals surface area contributed by atoms with Gasteiger partial charge in [-0.2, -0.15) is 0 Å². The Bertz CT molecular complexity index is 634. The molecule has 0 spiro atoms. The molecule has 1 unspecified atom stereocenters. The van der Waals surface area contributed by atoms with Gasteiger partial charge in [-0.1, -0.05) is 12.1 Å². The van der Waals surface area contributed by atoms with Gasteiger partial charge in [-0.3, -0.25) is 9.78 Å². The summed E-state index contributed by atoms with van der Waals surface area (Å²) < 4.78 is 13.0. The maximum Gasteiger partial charge on any atom is 0.254 e. The first kappa shape index (κ1) is 18.1. The Balaban J connectivity index is 0.00000242. The normalized spacial score (nSPS) is 11.5. The number of carbonyl (C=O) groups excluding carboxylic acids is 1. The zero-order valence-electron chi connectivity index (χ0n) is 12.5. The molecule has 1 atom stereocenters. The van der Waals surface area contributed by atoms with E-state index >= 15 is 0 Å². The highest BCUT2D eigenvalue weighted by Gasteiger charge is 2.19. The monoisotopic (exact) mass is 323 g/mol. The molecule has 0 saturated heterocycles. The Kier molecular flexibility index (Phi) is 6.46. The summed E-state index contributed by atoms with van der Waals surface area (Å²) in [5.74, 6) is -0.412. The number of nitrogens with zero attached hydrogens (tertiary/aromatic N) is 2. The molecule has 0 aliphatic carbocycles. The predicted octanol–water partition coefficient (Wildman–Crippen LogP) is 2.93. The van der Waals surface area contributed by atoms with Crippen LogP contribution >= 0.6 is 12.4 Å². The summed E-state index contributed by atoms with van der Waals surface area (Å²) in [5.41, 5.74) is 7.63. The maximum absolute atomic E-state index is 13.0. The minimum atomic E-state index is -0.290. The van der Waals surface area contributed by atoms with Gasteiger partial charge >= 0.3 is 0 Å². The highest BCUT2D eigenvalue weighted by molar-refractivity contribution is 5.94. The Labute approximate surface area is 135 Å². The lowest BCUT2D eigenvalue weighted by Crippen LogP contribution is -2.29. The van der Waals surface area contributed by atoms with Gasteiger partial charge in [0.05, 0.1) is 11.7 Å². The molecule has 0 aliphatic rings. The fraction of sp³-hybridized carbons (Fsp3) is 0.250. The topological polar surface area (TPSA) is 59.2 Å². The molecular formula is C16H19ClFN3O. The average molecular weight is 324 g/mol. The van der Waals surface area contributed by atoms with Gasteiger partial charge in [0.25, 0.3) is 5.91 Å². The van der Waals surface area contributed by atoms with Crippen molar-refractivity contribution >= 4 is 18.3 Å². The Morgan fingerprint density at radius 2 is 1.95 bits per heavy atom. The lowest BCUT2D eigenvalue weighted by molar-refractivity contribution is 0.0742. The maximum atomic E-state index is 13.0. The van der Waals surface area contributed by atoms with Gasteiger partial charge in [-0.15, -0.1) is 12.4 Å². The van der Waals surface area contributed by atoms with Crippen LogP contribution in [0.4, 0.5) is 4.39 Å². The molecule has 0 bridgehead atoms. The van der Waals surface area contributed by atoms with Crippen LogP contribution in [0.3, 0.4) is 0 Å². The SMILES string of the molecule is CC(c1ccc(F)cc1)N(C)C(=O)c1ccnc(CN)c1.Cl. The molecule has 1 aromatic carbocycles. The fourth-order valence-corrected chi connectivity index (χ4v) is 2.07. The van der Waals surface area contributed by atoms with Crippen molar-refractivity contribution < 1.29 is 9.18 Å². The van der Waals surface area contributed by atoms with Crippen molar-refractivity contribution in [2.75, 3.05) is 7.05 Å². The highest BCUT2D eigenvalue weighted by Crippen LogP contribution is 2.21. The fourth-order valence-electron chi connectivity index (χ4n) is 2.07. The van der Waals surface area contributed by atoms with E-state index in [0.29, 0.717) is 17.8 Å². The number of nitrogens with two attached hydrogens (primary N) is 1. The highest BCUT2D eigenvalue weighted by atomic mass is 35.5. The lowest BCUT2D eigenvalue weighted by Gasteiger charge is -2.25. The molecule has 2 N–H and O–H groups in total. The molecule has 0 saturated carbocycles. The van der Waals surface area contributed by atoms with Crippen molar-refractivity contribution in [3.8, 4) is 0 Å². The van der Waals surface area contributed by atoms with Gasteiger partial charge in [0.1, 0.15) is 5.82 Å². The van der Waals surface area contributed by atoms with Crippen molar-refractivity contribution in [1.29, 1.82) is 0 Å². The van der Waals surface area contributed by atoms with E-state index in [9.17, 15) is 9.18 Å². The molecular weight excluding hydrogens is 305 g/mol. The molecule has 22 heavy (non-hydrogen) atoms. The molecule has 6 heteroatoms. The van der Waals surface area contributed by atoms with Crippen molar-refractivity contribution in [2.45, 2.75) is 19.5 Å². The molecule has 4 nitrogen and oxygen atoms in total. The number of carbonyl (C=O) groups is 1. The van der Waals surface area contributed by atoms with E-state index in [0.717, 1.165) is 5.56 Å². The molecule has 2 rings (SSSR count). The summed E-state index contributed by atoms with van der Waals surface area (Å²) >= 11 is 0. The standard InChI is InChI=1S/C16H18FN3O.ClH/c1-11(12-3-5-14(17)6-4-12)20(2)16(21)13-7-8-19-15(9-13)10-18;/h3-9,11H,10,18H2,1-2H3;1H. The van der Waals surface area contributed by atoms with Crippen LogP contribution in [0.1, 0.15) is 34.6 Å². The molecule has 0 radical (unpaired) electrons. The number of pyridine rings is 1. The number of hydrogen-bond acceptors (Lipinski definition) is 3. The number of rotatable bonds is 4. The number of aromatic nitrogens is 1. The van der Waals surface area contributed by atoms with E-state index < -0.39 is 0 Å². The van der Waals surface area contributed by atoms with Gasteiger partial charge in [0.2, 0.25) is 0 Å². The van der Waals surface area contributed by atoms with Crippen LogP contribution < -0.4 is 5.73 Å². The third-order valence-corrected chi connectivity index (χ3v) is 3.53. The summed E-state index contributed by atoms with van der Waals surface area (Å²) in [6.07, 6.45) is 1.58. The van der Waals surface area contributed by atoms with Crippen molar-refractivity contribution in [3.63, 3.8) is 0 Å². The Morgan fingerprint density at radius 3 is 2.55 bits per heavy atom.